The fourth-order valence-electron chi connectivity index (χ4n) is 1.37. The molecule has 0 aliphatic rings. The Balaban J connectivity index is 2.22. The molecule has 17 heavy (non-hydrogen) atoms. The second-order valence-corrected chi connectivity index (χ2v) is 4.04. The second kappa shape index (κ2) is 5.01. The number of aryl methyl sites for hydroxylation is 1. The highest BCUT2D eigenvalue weighted by atomic mass is 35.5. The molecule has 1 aromatic carbocycles. The van der Waals surface area contributed by atoms with E-state index in [1.807, 2.05) is 25.1 Å². The molecule has 0 bridgehead atoms. The lowest BCUT2D eigenvalue weighted by Gasteiger charge is -2.07. The van der Waals surface area contributed by atoms with Gasteiger partial charge in [-0.25, -0.2) is 4.98 Å². The molecule has 0 fully saturated rings. The first-order valence-electron chi connectivity index (χ1n) is 5.22. The summed E-state index contributed by atoms with van der Waals surface area (Å²) in [5.74, 6) is 1.39. The molecule has 1 aromatic heterocycles. The summed E-state index contributed by atoms with van der Waals surface area (Å²) in [5, 5.41) is 6.81. The Morgan fingerprint density at radius 1 is 1.18 bits per heavy atom. The largest absolute Gasteiger partial charge is 0.372 e. The summed E-state index contributed by atoms with van der Waals surface area (Å²) in [4.78, 5) is 8.38. The topological polar surface area (TPSA) is 49.8 Å². The molecular formula is C12H13ClN4. The Hall–Kier alpha value is -1.81. The van der Waals surface area contributed by atoms with Crippen molar-refractivity contribution in [1.29, 1.82) is 0 Å². The highest BCUT2D eigenvalue weighted by Crippen LogP contribution is 2.22. The third-order valence-electron chi connectivity index (χ3n) is 2.33. The SMILES string of the molecule is CNc1cncc(Nc2ccc(C)c(Cl)c2)n1. The molecule has 2 rings (SSSR count). The van der Waals surface area contributed by atoms with E-state index < -0.39 is 0 Å². The van der Waals surface area contributed by atoms with E-state index in [0.717, 1.165) is 16.3 Å². The van der Waals surface area contributed by atoms with Crippen molar-refractivity contribution in [2.45, 2.75) is 6.92 Å². The van der Waals surface area contributed by atoms with Crippen LogP contribution in [0, 0.1) is 6.92 Å². The van der Waals surface area contributed by atoms with Gasteiger partial charge in [0.2, 0.25) is 0 Å². The molecule has 4 nitrogen and oxygen atoms in total. The third kappa shape index (κ3) is 2.85. The molecule has 1 heterocycles. The minimum absolute atomic E-state index is 0.678. The van der Waals surface area contributed by atoms with Crippen molar-refractivity contribution in [2.75, 3.05) is 17.7 Å². The van der Waals surface area contributed by atoms with Crippen LogP contribution in [0.2, 0.25) is 5.02 Å². The summed E-state index contributed by atoms with van der Waals surface area (Å²) in [5.41, 5.74) is 1.94. The Labute approximate surface area is 105 Å². The van der Waals surface area contributed by atoms with E-state index >= 15 is 0 Å². The van der Waals surface area contributed by atoms with Crippen LogP contribution in [0.5, 0.6) is 0 Å². The molecule has 5 heteroatoms. The highest BCUT2D eigenvalue weighted by Gasteiger charge is 2.00. The maximum Gasteiger partial charge on any atom is 0.151 e. The van der Waals surface area contributed by atoms with Crippen LogP contribution >= 0.6 is 11.6 Å². The average molecular weight is 249 g/mol. The van der Waals surface area contributed by atoms with Gasteiger partial charge in [0.25, 0.3) is 0 Å². The maximum absolute atomic E-state index is 6.05. The second-order valence-electron chi connectivity index (χ2n) is 3.63. The minimum atomic E-state index is 0.678. The monoisotopic (exact) mass is 248 g/mol. The molecular weight excluding hydrogens is 236 g/mol. The van der Waals surface area contributed by atoms with Crippen molar-refractivity contribution in [3.63, 3.8) is 0 Å². The van der Waals surface area contributed by atoms with Gasteiger partial charge in [0, 0.05) is 17.8 Å². The molecule has 0 aliphatic carbocycles. The van der Waals surface area contributed by atoms with Gasteiger partial charge >= 0.3 is 0 Å². The van der Waals surface area contributed by atoms with E-state index in [1.54, 1.807) is 19.4 Å². The standard InChI is InChI=1S/C12H13ClN4/c1-8-3-4-9(5-10(8)13)16-12-7-15-6-11(14-2)17-12/h3-7H,1-2H3,(H2,14,16,17). The zero-order chi connectivity index (χ0) is 12.3. The van der Waals surface area contributed by atoms with Crippen LogP contribution in [0.1, 0.15) is 5.56 Å². The van der Waals surface area contributed by atoms with Crippen molar-refractivity contribution >= 4 is 28.9 Å². The van der Waals surface area contributed by atoms with E-state index in [-0.39, 0.29) is 0 Å². The fraction of sp³-hybridized carbons (Fsp3) is 0.167. The number of anilines is 3. The molecule has 0 saturated heterocycles. The van der Waals surface area contributed by atoms with Crippen LogP contribution in [0.25, 0.3) is 0 Å². The van der Waals surface area contributed by atoms with Gasteiger partial charge in [-0.05, 0) is 24.6 Å². The summed E-state index contributed by atoms with van der Waals surface area (Å²) in [6.45, 7) is 1.97. The molecule has 0 spiro atoms. The molecule has 0 radical (unpaired) electrons. The van der Waals surface area contributed by atoms with E-state index in [1.165, 1.54) is 0 Å². The summed E-state index contributed by atoms with van der Waals surface area (Å²) < 4.78 is 0. The number of nitrogens with zero attached hydrogens (tertiary/aromatic N) is 2. The first kappa shape index (κ1) is 11.7. The quantitative estimate of drug-likeness (QED) is 0.876. The first-order valence-corrected chi connectivity index (χ1v) is 5.60. The molecule has 0 saturated carbocycles. The lowest BCUT2D eigenvalue weighted by Crippen LogP contribution is -1.98. The van der Waals surface area contributed by atoms with Crippen LogP contribution in [0.4, 0.5) is 17.3 Å². The number of aromatic nitrogens is 2. The van der Waals surface area contributed by atoms with Gasteiger partial charge in [-0.2, -0.15) is 0 Å². The number of benzene rings is 1. The van der Waals surface area contributed by atoms with Gasteiger partial charge in [-0.3, -0.25) is 4.98 Å². The van der Waals surface area contributed by atoms with Gasteiger partial charge in [0.05, 0.1) is 12.4 Å². The van der Waals surface area contributed by atoms with Crippen LogP contribution in [-0.4, -0.2) is 17.0 Å². The average Bonchev–Trinajstić information content (AvgIpc) is 2.34. The summed E-state index contributed by atoms with van der Waals surface area (Å²) in [6, 6.07) is 5.78. The molecule has 2 aromatic rings. The maximum atomic E-state index is 6.05. The predicted octanol–water partition coefficient (Wildman–Crippen LogP) is 3.22. The van der Waals surface area contributed by atoms with Gasteiger partial charge in [0.1, 0.15) is 5.82 Å². The van der Waals surface area contributed by atoms with Gasteiger partial charge in [-0.1, -0.05) is 17.7 Å². The zero-order valence-corrected chi connectivity index (χ0v) is 10.4. The molecule has 0 unspecified atom stereocenters. The number of halogens is 1. The Bertz CT molecular complexity index is 528. The van der Waals surface area contributed by atoms with E-state index in [4.69, 9.17) is 11.6 Å². The van der Waals surface area contributed by atoms with Crippen molar-refractivity contribution in [3.8, 4) is 0 Å². The fourth-order valence-corrected chi connectivity index (χ4v) is 1.55. The summed E-state index contributed by atoms with van der Waals surface area (Å²) >= 11 is 6.05. The van der Waals surface area contributed by atoms with Crippen LogP contribution in [0.15, 0.2) is 30.6 Å². The van der Waals surface area contributed by atoms with E-state index in [9.17, 15) is 0 Å². The third-order valence-corrected chi connectivity index (χ3v) is 2.74. The van der Waals surface area contributed by atoms with Crippen molar-refractivity contribution in [1.82, 2.24) is 9.97 Å². The first-order chi connectivity index (χ1) is 8.19. The van der Waals surface area contributed by atoms with Crippen molar-refractivity contribution in [3.05, 3.63) is 41.2 Å². The molecule has 0 amide bonds. The van der Waals surface area contributed by atoms with Gasteiger partial charge < -0.3 is 10.6 Å². The summed E-state index contributed by atoms with van der Waals surface area (Å²) in [7, 11) is 1.80. The van der Waals surface area contributed by atoms with Gasteiger partial charge in [-0.15, -0.1) is 0 Å². The van der Waals surface area contributed by atoms with Crippen LogP contribution in [-0.2, 0) is 0 Å². The number of hydrogen-bond donors (Lipinski definition) is 2. The van der Waals surface area contributed by atoms with Crippen LogP contribution < -0.4 is 10.6 Å². The van der Waals surface area contributed by atoms with Crippen molar-refractivity contribution in [2.24, 2.45) is 0 Å². The molecule has 0 atom stereocenters. The predicted molar refractivity (Wildman–Crippen MR) is 71.1 cm³/mol. The van der Waals surface area contributed by atoms with E-state index in [0.29, 0.717) is 11.6 Å². The zero-order valence-electron chi connectivity index (χ0n) is 9.66. The van der Waals surface area contributed by atoms with Crippen molar-refractivity contribution < 1.29 is 0 Å². The Morgan fingerprint density at radius 2 is 1.94 bits per heavy atom. The molecule has 2 N–H and O–H groups in total. The normalized spacial score (nSPS) is 10.1. The number of nitrogens with one attached hydrogen (secondary N) is 2. The lowest BCUT2D eigenvalue weighted by atomic mass is 10.2. The highest BCUT2D eigenvalue weighted by molar-refractivity contribution is 6.31. The number of hydrogen-bond acceptors (Lipinski definition) is 4. The minimum Gasteiger partial charge on any atom is -0.372 e. The Morgan fingerprint density at radius 3 is 2.65 bits per heavy atom. The molecule has 0 aliphatic heterocycles. The van der Waals surface area contributed by atoms with E-state index in [2.05, 4.69) is 20.6 Å². The summed E-state index contributed by atoms with van der Waals surface area (Å²) in [6.07, 6.45) is 3.32. The van der Waals surface area contributed by atoms with Crippen LogP contribution in [0.3, 0.4) is 0 Å². The Kier molecular flexibility index (Phi) is 3.44. The van der Waals surface area contributed by atoms with Gasteiger partial charge in [0.15, 0.2) is 5.82 Å². The smallest absolute Gasteiger partial charge is 0.151 e. The number of rotatable bonds is 3. The molecule has 88 valence electrons. The lowest BCUT2D eigenvalue weighted by molar-refractivity contribution is 1.18.